The van der Waals surface area contributed by atoms with E-state index in [-0.39, 0.29) is 24.5 Å². The monoisotopic (exact) mass is 433 g/mol. The van der Waals surface area contributed by atoms with Crippen LogP contribution in [0.3, 0.4) is 0 Å². The van der Waals surface area contributed by atoms with Crippen molar-refractivity contribution in [2.75, 3.05) is 31.5 Å². The molecule has 154 valence electrons. The van der Waals surface area contributed by atoms with Gasteiger partial charge in [0.1, 0.15) is 4.34 Å². The quantitative estimate of drug-likeness (QED) is 0.729. The summed E-state index contributed by atoms with van der Waals surface area (Å²) in [5.41, 5.74) is 1.63. The van der Waals surface area contributed by atoms with Gasteiger partial charge < -0.3 is 19.7 Å². The number of hydrogen-bond donors (Lipinski definition) is 1. The molecule has 0 radical (unpaired) electrons. The molecule has 0 atom stereocenters. The zero-order chi connectivity index (χ0) is 20.4. The number of rotatable bonds is 5. The normalized spacial score (nSPS) is 16.1. The van der Waals surface area contributed by atoms with E-state index >= 15 is 0 Å². The molecule has 4 rings (SSSR count). The number of amides is 2. The fourth-order valence-electron chi connectivity index (χ4n) is 3.51. The maximum absolute atomic E-state index is 12.7. The Balaban J connectivity index is 1.28. The molecule has 0 spiro atoms. The molecule has 0 bridgehead atoms. The van der Waals surface area contributed by atoms with Gasteiger partial charge in [0.05, 0.1) is 12.1 Å². The Morgan fingerprint density at radius 3 is 2.76 bits per heavy atom. The van der Waals surface area contributed by atoms with E-state index in [1.54, 1.807) is 35.2 Å². The minimum atomic E-state index is -0.0993. The van der Waals surface area contributed by atoms with Crippen molar-refractivity contribution in [3.05, 3.63) is 28.8 Å². The van der Waals surface area contributed by atoms with E-state index in [4.69, 9.17) is 9.47 Å². The summed E-state index contributed by atoms with van der Waals surface area (Å²) in [6, 6.07) is 5.38. The predicted octanol–water partition coefficient (Wildman–Crippen LogP) is 3.32. The highest BCUT2D eigenvalue weighted by molar-refractivity contribution is 8.00. The Kier molecular flexibility index (Phi) is 5.96. The van der Waals surface area contributed by atoms with E-state index in [2.05, 4.69) is 10.3 Å². The molecule has 2 aromatic rings. The molecule has 2 aliphatic heterocycles. The van der Waals surface area contributed by atoms with Gasteiger partial charge in [-0.2, -0.15) is 0 Å². The molecule has 9 heteroatoms. The summed E-state index contributed by atoms with van der Waals surface area (Å²) in [4.78, 5) is 32.6. The molecule has 1 fully saturated rings. The van der Waals surface area contributed by atoms with E-state index in [1.165, 1.54) is 0 Å². The third-order valence-electron chi connectivity index (χ3n) is 5.22. The summed E-state index contributed by atoms with van der Waals surface area (Å²) in [6.07, 6.45) is 3.71. The molecule has 0 saturated carbocycles. The summed E-state index contributed by atoms with van der Waals surface area (Å²) < 4.78 is 11.6. The van der Waals surface area contributed by atoms with Gasteiger partial charge in [-0.25, -0.2) is 4.98 Å². The SMILES string of the molecule is CSc1nc(C)c(CC(=O)N2CCC(C(=O)Nc3ccc4c(c3)OCO4)CC2)s1. The standard InChI is InChI=1S/C20H23N3O4S2/c1-12-17(29-20(21-12)28-2)10-18(24)23-7-5-13(6-8-23)19(25)22-14-3-4-15-16(9-14)27-11-26-15/h3-4,9,13H,5-8,10-11H2,1-2H3,(H,22,25). The molecule has 1 aromatic carbocycles. The van der Waals surface area contributed by atoms with Crippen molar-refractivity contribution in [3.63, 3.8) is 0 Å². The maximum atomic E-state index is 12.7. The van der Waals surface area contributed by atoms with Crippen LogP contribution in [0, 0.1) is 12.8 Å². The highest BCUT2D eigenvalue weighted by atomic mass is 32.2. The van der Waals surface area contributed by atoms with Gasteiger partial charge in [0, 0.05) is 35.6 Å². The second-order valence-electron chi connectivity index (χ2n) is 7.08. The van der Waals surface area contributed by atoms with Crippen LogP contribution < -0.4 is 14.8 Å². The highest BCUT2D eigenvalue weighted by Crippen LogP contribution is 2.34. The molecule has 1 aromatic heterocycles. The van der Waals surface area contributed by atoms with Crippen molar-refractivity contribution >= 4 is 40.6 Å². The third kappa shape index (κ3) is 4.51. The van der Waals surface area contributed by atoms with E-state index in [1.807, 2.05) is 24.1 Å². The van der Waals surface area contributed by atoms with Crippen LogP contribution in [0.5, 0.6) is 11.5 Å². The number of aromatic nitrogens is 1. The average molecular weight is 434 g/mol. The summed E-state index contributed by atoms with van der Waals surface area (Å²) >= 11 is 3.19. The Morgan fingerprint density at radius 2 is 2.03 bits per heavy atom. The van der Waals surface area contributed by atoms with Gasteiger partial charge in [0.2, 0.25) is 18.6 Å². The Hall–Kier alpha value is -2.26. The summed E-state index contributed by atoms with van der Waals surface area (Å²) in [5.74, 6) is 1.33. The van der Waals surface area contributed by atoms with Crippen LogP contribution in [0.15, 0.2) is 22.5 Å². The maximum Gasteiger partial charge on any atom is 0.231 e. The number of nitrogens with one attached hydrogen (secondary N) is 1. The highest BCUT2D eigenvalue weighted by Gasteiger charge is 2.28. The number of hydrogen-bond acceptors (Lipinski definition) is 7. The topological polar surface area (TPSA) is 80.8 Å². The number of anilines is 1. The molecule has 29 heavy (non-hydrogen) atoms. The largest absolute Gasteiger partial charge is 0.454 e. The van der Waals surface area contributed by atoms with E-state index in [0.717, 1.165) is 14.9 Å². The lowest BCUT2D eigenvalue weighted by atomic mass is 9.95. The lowest BCUT2D eigenvalue weighted by molar-refractivity contribution is -0.133. The first-order valence-electron chi connectivity index (χ1n) is 9.52. The van der Waals surface area contributed by atoms with Crippen molar-refractivity contribution in [1.82, 2.24) is 9.88 Å². The Morgan fingerprint density at radius 1 is 1.28 bits per heavy atom. The number of fused-ring (bicyclic) bond motifs is 1. The van der Waals surface area contributed by atoms with Crippen molar-refractivity contribution in [2.45, 2.75) is 30.5 Å². The molecule has 0 aliphatic carbocycles. The van der Waals surface area contributed by atoms with Crippen molar-refractivity contribution < 1.29 is 19.1 Å². The first kappa shape index (κ1) is 20.0. The van der Waals surface area contributed by atoms with Crippen LogP contribution in [0.1, 0.15) is 23.4 Å². The fourth-order valence-corrected chi connectivity index (χ4v) is 5.16. The van der Waals surface area contributed by atoms with Crippen LogP contribution in [0.25, 0.3) is 0 Å². The molecule has 2 amide bonds. The van der Waals surface area contributed by atoms with Crippen molar-refractivity contribution in [3.8, 4) is 11.5 Å². The van der Waals surface area contributed by atoms with E-state index in [0.29, 0.717) is 49.5 Å². The number of carbonyl (C=O) groups excluding carboxylic acids is 2. The zero-order valence-corrected chi connectivity index (χ0v) is 18.0. The minimum Gasteiger partial charge on any atom is -0.454 e. The number of nitrogens with zero attached hydrogens (tertiary/aromatic N) is 2. The van der Waals surface area contributed by atoms with Gasteiger partial charge in [-0.05, 0) is 38.2 Å². The van der Waals surface area contributed by atoms with Crippen molar-refractivity contribution in [2.24, 2.45) is 5.92 Å². The molecular formula is C20H23N3O4S2. The number of likely N-dealkylation sites (tertiary alicyclic amines) is 1. The Bertz CT molecular complexity index is 922. The lowest BCUT2D eigenvalue weighted by Crippen LogP contribution is -2.42. The zero-order valence-electron chi connectivity index (χ0n) is 16.4. The van der Waals surface area contributed by atoms with Crippen LogP contribution >= 0.6 is 23.1 Å². The van der Waals surface area contributed by atoms with Crippen LogP contribution in [0.4, 0.5) is 5.69 Å². The molecular weight excluding hydrogens is 410 g/mol. The number of aryl methyl sites for hydroxylation is 1. The number of benzene rings is 1. The summed E-state index contributed by atoms with van der Waals surface area (Å²) in [6.45, 7) is 3.36. The predicted molar refractivity (Wildman–Crippen MR) is 113 cm³/mol. The van der Waals surface area contributed by atoms with E-state index < -0.39 is 0 Å². The third-order valence-corrected chi connectivity index (χ3v) is 7.36. The molecule has 3 heterocycles. The summed E-state index contributed by atoms with van der Waals surface area (Å²) in [5, 5.41) is 2.96. The number of thiazole rings is 1. The average Bonchev–Trinajstić information content (AvgIpc) is 3.34. The minimum absolute atomic E-state index is 0.0149. The lowest BCUT2D eigenvalue weighted by Gasteiger charge is -2.31. The van der Waals surface area contributed by atoms with Gasteiger partial charge in [-0.15, -0.1) is 11.3 Å². The second-order valence-corrected chi connectivity index (χ2v) is 9.22. The number of ether oxygens (including phenoxy) is 2. The molecule has 7 nitrogen and oxygen atoms in total. The molecule has 1 N–H and O–H groups in total. The Labute approximate surface area is 177 Å². The van der Waals surface area contributed by atoms with Crippen LogP contribution in [0.2, 0.25) is 0 Å². The van der Waals surface area contributed by atoms with Gasteiger partial charge in [-0.1, -0.05) is 11.8 Å². The van der Waals surface area contributed by atoms with Gasteiger partial charge in [0.25, 0.3) is 0 Å². The first-order chi connectivity index (χ1) is 14.0. The smallest absolute Gasteiger partial charge is 0.231 e. The van der Waals surface area contributed by atoms with Crippen LogP contribution in [-0.2, 0) is 16.0 Å². The fraction of sp³-hybridized carbons (Fsp3) is 0.450. The van der Waals surface area contributed by atoms with Crippen molar-refractivity contribution in [1.29, 1.82) is 0 Å². The van der Waals surface area contributed by atoms with Gasteiger partial charge >= 0.3 is 0 Å². The van der Waals surface area contributed by atoms with Gasteiger partial charge in [0.15, 0.2) is 11.5 Å². The van der Waals surface area contributed by atoms with Gasteiger partial charge in [-0.3, -0.25) is 9.59 Å². The first-order valence-corrected chi connectivity index (χ1v) is 11.6. The molecule has 1 saturated heterocycles. The number of thioether (sulfide) groups is 1. The van der Waals surface area contributed by atoms with Crippen LogP contribution in [-0.4, -0.2) is 47.8 Å². The summed E-state index contributed by atoms with van der Waals surface area (Å²) in [7, 11) is 0. The number of piperidine rings is 1. The second kappa shape index (κ2) is 8.62. The molecule has 2 aliphatic rings. The number of carbonyl (C=O) groups is 2. The van der Waals surface area contributed by atoms with E-state index in [9.17, 15) is 9.59 Å². The molecule has 0 unspecified atom stereocenters.